The van der Waals surface area contributed by atoms with Gasteiger partial charge >= 0.3 is 0 Å². The Morgan fingerprint density at radius 2 is 1.73 bits per heavy atom. The topological polar surface area (TPSA) is 170 Å². The lowest BCUT2D eigenvalue weighted by Gasteiger charge is -2.48. The van der Waals surface area contributed by atoms with Crippen molar-refractivity contribution in [3.63, 3.8) is 0 Å². The highest BCUT2D eigenvalue weighted by Crippen LogP contribution is 2.51. The maximum atomic E-state index is 13.7. The van der Waals surface area contributed by atoms with Gasteiger partial charge in [0.15, 0.2) is 34.7 Å². The number of Topliss-reactive ketones (excluding diaryl/α,β-unsaturated/α-hetero) is 4. The third-order valence-electron chi connectivity index (χ3n) is 7.98. The number of fused-ring (bicyclic) bond motifs is 3. The van der Waals surface area contributed by atoms with Gasteiger partial charge in [0.05, 0.1) is 25.7 Å². The molecule has 192 valence electrons. The zero-order valence-electron chi connectivity index (χ0n) is 20.1. The third-order valence-corrected chi connectivity index (χ3v) is 7.98. The highest BCUT2D eigenvalue weighted by molar-refractivity contribution is 6.31. The van der Waals surface area contributed by atoms with Crippen molar-refractivity contribution in [3.8, 4) is 28.4 Å². The summed E-state index contributed by atoms with van der Waals surface area (Å²) in [6.45, 7) is 0. The fraction of sp³-hybridized carbons (Fsp3) is 0.370. The number of phenols is 1. The largest absolute Gasteiger partial charge is 0.507 e. The van der Waals surface area contributed by atoms with Crippen LogP contribution in [0.2, 0.25) is 0 Å². The number of benzene rings is 2. The lowest BCUT2D eigenvalue weighted by atomic mass is 9.53. The van der Waals surface area contributed by atoms with Crippen molar-refractivity contribution in [3.05, 3.63) is 41.5 Å². The van der Waals surface area contributed by atoms with Crippen molar-refractivity contribution in [2.45, 2.75) is 24.9 Å². The van der Waals surface area contributed by atoms with Crippen LogP contribution in [-0.2, 0) is 25.6 Å². The van der Waals surface area contributed by atoms with Crippen LogP contribution >= 0.6 is 0 Å². The van der Waals surface area contributed by atoms with E-state index in [0.717, 1.165) is 0 Å². The Hall–Kier alpha value is -4.05. The van der Waals surface area contributed by atoms with Gasteiger partial charge < -0.3 is 25.4 Å². The fourth-order valence-electron chi connectivity index (χ4n) is 6.24. The van der Waals surface area contributed by atoms with E-state index in [0.29, 0.717) is 28.2 Å². The third kappa shape index (κ3) is 3.39. The van der Waals surface area contributed by atoms with E-state index in [-0.39, 0.29) is 30.6 Å². The molecule has 0 saturated heterocycles. The van der Waals surface area contributed by atoms with Gasteiger partial charge in [0.1, 0.15) is 17.2 Å². The van der Waals surface area contributed by atoms with Gasteiger partial charge in [-0.3, -0.25) is 24.0 Å². The number of nitrogens with two attached hydrogens (primary N) is 1. The molecule has 2 fully saturated rings. The van der Waals surface area contributed by atoms with Gasteiger partial charge in [0.25, 0.3) is 0 Å². The molecule has 10 nitrogen and oxygen atoms in total. The fourth-order valence-corrected chi connectivity index (χ4v) is 6.24. The zero-order chi connectivity index (χ0) is 26.8. The summed E-state index contributed by atoms with van der Waals surface area (Å²) in [5.41, 5.74) is 4.14. The van der Waals surface area contributed by atoms with Crippen molar-refractivity contribution in [2.24, 2.45) is 29.4 Å². The first-order valence-corrected chi connectivity index (χ1v) is 11.8. The number of hydrogen-bond donors (Lipinski definition) is 3. The van der Waals surface area contributed by atoms with Crippen molar-refractivity contribution < 1.29 is 43.7 Å². The molecule has 37 heavy (non-hydrogen) atoms. The molecule has 5 atom stereocenters. The Morgan fingerprint density at radius 3 is 2.38 bits per heavy atom. The van der Waals surface area contributed by atoms with Gasteiger partial charge in [0, 0.05) is 17.9 Å². The van der Waals surface area contributed by atoms with Crippen LogP contribution in [0.4, 0.5) is 0 Å². The van der Waals surface area contributed by atoms with Gasteiger partial charge in [-0.15, -0.1) is 0 Å². The number of ether oxygens (including phenoxy) is 2. The first kappa shape index (κ1) is 24.6. The van der Waals surface area contributed by atoms with Crippen molar-refractivity contribution in [1.82, 2.24) is 0 Å². The summed E-state index contributed by atoms with van der Waals surface area (Å²) in [6, 6.07) is 8.14. The van der Waals surface area contributed by atoms with Crippen molar-refractivity contribution in [2.75, 3.05) is 14.2 Å². The number of ketones is 4. The van der Waals surface area contributed by atoms with Crippen LogP contribution in [0.5, 0.6) is 17.2 Å². The van der Waals surface area contributed by atoms with Gasteiger partial charge in [-0.1, -0.05) is 6.07 Å². The van der Waals surface area contributed by atoms with Crippen LogP contribution in [0.1, 0.15) is 28.8 Å². The summed E-state index contributed by atoms with van der Waals surface area (Å²) in [6.07, 6.45) is -0.205. The van der Waals surface area contributed by atoms with Crippen molar-refractivity contribution >= 4 is 29.0 Å². The number of methoxy groups -OCH3 is 2. The molecule has 0 bridgehead atoms. The molecule has 0 radical (unpaired) electrons. The second kappa shape index (κ2) is 8.52. The number of rotatable bonds is 4. The Bertz CT molecular complexity index is 1400. The summed E-state index contributed by atoms with van der Waals surface area (Å²) >= 11 is 0. The van der Waals surface area contributed by atoms with E-state index in [1.54, 1.807) is 24.3 Å². The summed E-state index contributed by atoms with van der Waals surface area (Å²) in [7, 11) is 3.01. The van der Waals surface area contributed by atoms with E-state index >= 15 is 0 Å². The van der Waals surface area contributed by atoms with E-state index in [4.69, 9.17) is 15.2 Å². The van der Waals surface area contributed by atoms with Gasteiger partial charge in [0.2, 0.25) is 5.91 Å². The number of hydrogen-bond acceptors (Lipinski definition) is 9. The minimum Gasteiger partial charge on any atom is -0.507 e. The van der Waals surface area contributed by atoms with Gasteiger partial charge in [-0.25, -0.2) is 0 Å². The molecule has 1 amide bonds. The molecule has 10 heteroatoms. The average Bonchev–Trinajstić information content (AvgIpc) is 2.85. The maximum Gasteiger partial charge on any atom is 0.235 e. The molecule has 5 rings (SSSR count). The standard InChI is InChI=1S/C27H25NO9/c1-36-13-3-6-19(37-2)15(10-13)14-4-5-17(29)21-16(14)8-11-7-12-9-18(30)22(26(28)34)25(33)27(12,35)24(32)20(11)23(21)31/h3-6,10-12,20,22,29,35H,7-9H2,1-2H3,(H2,28,34)/t11-,12+,20?,22?,27+/m1/s1. The lowest BCUT2D eigenvalue weighted by Crippen LogP contribution is -2.68. The van der Waals surface area contributed by atoms with Crippen LogP contribution in [0.3, 0.4) is 0 Å². The number of phenolic OH excluding ortho intramolecular Hbond substituents is 1. The molecule has 2 aromatic carbocycles. The molecular weight excluding hydrogens is 482 g/mol. The van der Waals surface area contributed by atoms with E-state index < -0.39 is 58.3 Å². The quantitative estimate of drug-likeness (QED) is 0.511. The molecule has 2 saturated carbocycles. The molecule has 3 aliphatic carbocycles. The second-order valence-electron chi connectivity index (χ2n) is 9.79. The lowest BCUT2D eigenvalue weighted by molar-refractivity contribution is -0.175. The first-order chi connectivity index (χ1) is 17.5. The number of primary amides is 1. The normalized spacial score (nSPS) is 28.7. The monoisotopic (exact) mass is 507 g/mol. The molecule has 3 aliphatic rings. The van der Waals surface area contributed by atoms with Crippen LogP contribution in [0.15, 0.2) is 30.3 Å². The second-order valence-corrected chi connectivity index (χ2v) is 9.79. The molecule has 2 unspecified atom stereocenters. The molecule has 0 heterocycles. The number of carbonyl (C=O) groups excluding carboxylic acids is 5. The van der Waals surface area contributed by atoms with Crippen molar-refractivity contribution in [1.29, 1.82) is 0 Å². The predicted molar refractivity (Wildman–Crippen MR) is 127 cm³/mol. The highest BCUT2D eigenvalue weighted by Gasteiger charge is 2.66. The van der Waals surface area contributed by atoms with Crippen LogP contribution in [0, 0.1) is 23.7 Å². The van der Waals surface area contributed by atoms with E-state index in [9.17, 15) is 34.2 Å². The Morgan fingerprint density at radius 1 is 1.00 bits per heavy atom. The predicted octanol–water partition coefficient (Wildman–Crippen LogP) is 1.01. The molecule has 0 spiro atoms. The summed E-state index contributed by atoms with van der Waals surface area (Å²) < 4.78 is 10.8. The Kier molecular flexibility index (Phi) is 5.67. The SMILES string of the molecule is COc1ccc(OC)c(-c2ccc(O)c3c2C[C@H]2C[C@H]4CC(=O)C(C(N)=O)C(=O)[C@@]4(O)C(=O)C2C3=O)c1. The first-order valence-electron chi connectivity index (χ1n) is 11.8. The van der Waals surface area contributed by atoms with Gasteiger partial charge in [-0.05, 0) is 54.2 Å². The number of aromatic hydroxyl groups is 1. The average molecular weight is 507 g/mol. The van der Waals surface area contributed by atoms with E-state index in [2.05, 4.69) is 0 Å². The maximum absolute atomic E-state index is 13.7. The summed E-state index contributed by atoms with van der Waals surface area (Å²) in [4.78, 5) is 64.6. The molecule has 4 N–H and O–H groups in total. The number of amides is 1. The Labute approximate surface area is 211 Å². The highest BCUT2D eigenvalue weighted by atomic mass is 16.5. The zero-order valence-corrected chi connectivity index (χ0v) is 20.1. The Balaban J connectivity index is 1.64. The minimum atomic E-state index is -2.68. The number of aliphatic hydroxyl groups is 1. The van der Waals surface area contributed by atoms with Crippen LogP contribution < -0.4 is 15.2 Å². The summed E-state index contributed by atoms with van der Waals surface area (Å²) in [5.74, 6) is -9.45. The smallest absolute Gasteiger partial charge is 0.235 e. The molecule has 0 aliphatic heterocycles. The molecular formula is C27H25NO9. The van der Waals surface area contributed by atoms with Crippen LogP contribution in [-0.4, -0.2) is 59.1 Å². The molecule has 2 aromatic rings. The van der Waals surface area contributed by atoms with E-state index in [1.807, 2.05) is 0 Å². The summed E-state index contributed by atoms with van der Waals surface area (Å²) in [5, 5.41) is 22.0. The van der Waals surface area contributed by atoms with Crippen LogP contribution in [0.25, 0.3) is 11.1 Å². The van der Waals surface area contributed by atoms with Gasteiger partial charge in [-0.2, -0.15) is 0 Å². The van der Waals surface area contributed by atoms with E-state index in [1.165, 1.54) is 20.3 Å². The minimum absolute atomic E-state index is 0.0192. The molecule has 0 aromatic heterocycles. The number of carbonyl (C=O) groups is 5.